The number of rotatable bonds is 11. The Bertz CT molecular complexity index is 421. The minimum Gasteiger partial charge on any atom is -0.418 e. The normalized spacial score (nSPS) is 14.6. The molecule has 1 N–H and O–H groups in total. The number of carbonyl (C=O) groups excluding carboxylic acids is 1. The highest BCUT2D eigenvalue weighted by molar-refractivity contribution is 7.74. The minimum absolute atomic E-state index is 0.0950. The van der Waals surface area contributed by atoms with Crippen molar-refractivity contribution in [3.63, 3.8) is 0 Å². The Kier molecular flexibility index (Phi) is 14.6. The fraction of sp³-hybridized carbons (Fsp3) is 0.933. The van der Waals surface area contributed by atoms with Gasteiger partial charge >= 0.3 is 22.2 Å². The lowest BCUT2D eigenvalue weighted by Crippen LogP contribution is -2.63. The summed E-state index contributed by atoms with van der Waals surface area (Å²) in [6, 6.07) is 0. The number of nitrogens with one attached hydrogen (secondary N) is 1. The molecule has 2 atom stereocenters. The summed E-state index contributed by atoms with van der Waals surface area (Å²) in [5.74, 6) is -0.0950. The zero-order valence-electron chi connectivity index (χ0n) is 18.1. The van der Waals surface area contributed by atoms with Crippen LogP contribution in [0.1, 0.15) is 41.0 Å². The topological polar surface area (TPSA) is 66.0 Å². The van der Waals surface area contributed by atoms with Crippen molar-refractivity contribution in [3.05, 3.63) is 0 Å². The molecule has 6 nitrogen and oxygen atoms in total. The summed E-state index contributed by atoms with van der Waals surface area (Å²) >= 11 is 0. The summed E-state index contributed by atoms with van der Waals surface area (Å²) < 4.78 is 62.1. The van der Waals surface area contributed by atoms with Crippen LogP contribution in [0.2, 0.25) is 0 Å². The highest BCUT2D eigenvalue weighted by Gasteiger charge is 2.50. The summed E-state index contributed by atoms with van der Waals surface area (Å²) in [5.41, 5.74) is -0.319. The summed E-state index contributed by atoms with van der Waals surface area (Å²) in [4.78, 5) is 12.3. The zero-order valence-corrected chi connectivity index (χ0v) is 20.0. The number of ether oxygens (including phenoxy) is 1. The van der Waals surface area contributed by atoms with Crippen LogP contribution in [0, 0.1) is 0 Å². The van der Waals surface area contributed by atoms with Crippen LogP contribution in [0.4, 0.5) is 22.1 Å². The van der Waals surface area contributed by atoms with Crippen molar-refractivity contribution in [1.29, 1.82) is 0 Å². The lowest BCUT2D eigenvalue weighted by Gasteiger charge is -2.35. The maximum Gasteiger partial charge on any atom is 0.673 e. The van der Waals surface area contributed by atoms with E-state index in [1.54, 1.807) is 0 Å². The van der Waals surface area contributed by atoms with Crippen molar-refractivity contribution in [2.24, 2.45) is 0 Å². The summed E-state index contributed by atoms with van der Waals surface area (Å²) in [7, 11) is -10.2. The van der Waals surface area contributed by atoms with E-state index in [1.165, 1.54) is 0 Å². The average molecular weight is 455 g/mol. The molecule has 13 heteroatoms. The third-order valence-corrected chi connectivity index (χ3v) is 9.30. The molecule has 0 heterocycles. The van der Waals surface area contributed by atoms with E-state index in [-0.39, 0.29) is 11.5 Å². The smallest absolute Gasteiger partial charge is 0.418 e. The molecule has 0 rings (SSSR count). The molecule has 0 spiro atoms. The highest BCUT2D eigenvalue weighted by Crippen LogP contribution is 2.52. The summed E-state index contributed by atoms with van der Waals surface area (Å²) in [6.45, 7) is 17.5. The lowest BCUT2D eigenvalue weighted by molar-refractivity contribution is 0.0550. The van der Waals surface area contributed by atoms with Crippen LogP contribution in [0.25, 0.3) is 0 Å². The second-order valence-electron chi connectivity index (χ2n) is 6.62. The quantitative estimate of drug-likeness (QED) is 0.280. The van der Waals surface area contributed by atoms with E-state index in [4.69, 9.17) is 18.0 Å². The maximum atomic E-state index is 12.3. The minimum atomic E-state index is -6.00. The number of carbonyl (C=O) groups is 1. The number of hydrogen-bond acceptors (Lipinski definition) is 5. The first-order chi connectivity index (χ1) is 12.7. The van der Waals surface area contributed by atoms with Gasteiger partial charge < -0.3 is 40.6 Å². The first-order valence-electron chi connectivity index (χ1n) is 9.24. The maximum absolute atomic E-state index is 12.3. The molecular weight excluding hydrogens is 420 g/mol. The van der Waals surface area contributed by atoms with Crippen LogP contribution in [0.5, 0.6) is 0 Å². The molecule has 0 saturated carbocycles. The van der Waals surface area contributed by atoms with Crippen molar-refractivity contribution in [1.82, 2.24) is 5.32 Å². The monoisotopic (exact) mass is 455 g/mol. The second-order valence-corrected chi connectivity index (χ2v) is 14.4. The van der Waals surface area contributed by atoms with E-state index in [2.05, 4.69) is 25.3 Å². The molecule has 0 aromatic heterocycles. The van der Waals surface area contributed by atoms with Crippen LogP contribution < -0.4 is 5.32 Å². The van der Waals surface area contributed by atoms with Crippen molar-refractivity contribution in [2.45, 2.75) is 52.5 Å². The molecule has 2 unspecified atom stereocenters. The molecule has 0 aliphatic heterocycles. The van der Waals surface area contributed by atoms with Gasteiger partial charge in [-0.3, -0.25) is 0 Å². The fourth-order valence-corrected chi connectivity index (χ4v) is 5.23. The molecule has 0 radical (unpaired) electrons. The Labute approximate surface area is 167 Å². The first-order valence-corrected chi connectivity index (χ1v) is 14.2. The molecule has 0 aromatic rings. The molecular formula is C15H35BF4NO5PSi. The fourth-order valence-electron chi connectivity index (χ4n) is 1.96. The second kappa shape index (κ2) is 13.7. The Morgan fingerprint density at radius 1 is 0.964 bits per heavy atom. The standard InChI is InChI=1S/C15H34NO5PSi.BF4/c1-9-14(16-15(17)21-13(5)22(6,7)8)23(18-10-2,19-11-3)20-12-4;2-1(3,4)5/h13-14H,9-12H2,1-8H3;/q;-1/p+1. The molecule has 1 amide bonds. The van der Waals surface area contributed by atoms with Crippen molar-refractivity contribution in [3.8, 4) is 0 Å². The number of hydrogen-bond donors (Lipinski definition) is 1. The van der Waals surface area contributed by atoms with Gasteiger partial charge in [0.05, 0.1) is 20.0 Å². The molecule has 170 valence electrons. The Balaban J connectivity index is 0. The first kappa shape index (κ1) is 29.8. The van der Waals surface area contributed by atoms with Gasteiger partial charge in [0.2, 0.25) is 5.85 Å². The van der Waals surface area contributed by atoms with Crippen LogP contribution in [0.15, 0.2) is 0 Å². The van der Waals surface area contributed by atoms with Crippen LogP contribution >= 0.6 is 7.26 Å². The Morgan fingerprint density at radius 2 is 1.32 bits per heavy atom. The molecule has 0 aliphatic rings. The van der Waals surface area contributed by atoms with E-state index < -0.39 is 29.4 Å². The van der Waals surface area contributed by atoms with Crippen LogP contribution in [-0.2, 0) is 18.0 Å². The lowest BCUT2D eigenvalue weighted by atomic mass is 10.3. The zero-order chi connectivity index (χ0) is 22.6. The van der Waals surface area contributed by atoms with Gasteiger partial charge in [0.25, 0.3) is 0 Å². The van der Waals surface area contributed by atoms with Crippen molar-refractivity contribution < 1.29 is 40.1 Å². The molecule has 0 saturated heterocycles. The van der Waals surface area contributed by atoms with Gasteiger partial charge in [-0.1, -0.05) is 6.92 Å². The average Bonchev–Trinajstić information content (AvgIpc) is 2.50. The van der Waals surface area contributed by atoms with Crippen LogP contribution in [0.3, 0.4) is 0 Å². The van der Waals surface area contributed by atoms with Gasteiger partial charge in [0.15, 0.2) is 0 Å². The largest absolute Gasteiger partial charge is 0.673 e. The predicted octanol–water partition coefficient (Wildman–Crippen LogP) is 4.63. The van der Waals surface area contributed by atoms with Crippen LogP contribution in [-0.4, -0.2) is 73.5 Å². The van der Waals surface area contributed by atoms with E-state index in [1.807, 2.05) is 34.6 Å². The molecule has 0 bridgehead atoms. The molecule has 0 aromatic carbocycles. The van der Waals surface area contributed by atoms with Gasteiger partial charge in [-0.25, -0.2) is 4.79 Å². The predicted molar refractivity (Wildman–Crippen MR) is 109 cm³/mol. The summed E-state index contributed by atoms with van der Waals surface area (Å²) in [5, 5.41) is 2.91. The van der Waals surface area contributed by atoms with Crippen molar-refractivity contribution in [2.75, 3.05) is 39.8 Å². The van der Waals surface area contributed by atoms with E-state index in [0.29, 0.717) is 26.2 Å². The van der Waals surface area contributed by atoms with Gasteiger partial charge in [0.1, 0.15) is 5.67 Å². The molecule has 0 fully saturated rings. The van der Waals surface area contributed by atoms with Crippen molar-refractivity contribution >= 4 is 29.4 Å². The Hall–Kier alpha value is -0.418. The van der Waals surface area contributed by atoms with E-state index in [0.717, 1.165) is 0 Å². The van der Waals surface area contributed by atoms with Gasteiger partial charge in [0, 0.05) is 34.0 Å². The van der Waals surface area contributed by atoms with Gasteiger partial charge in [-0.15, -0.1) is 0 Å². The summed E-state index contributed by atoms with van der Waals surface area (Å²) in [6.07, 6.45) is 0.218. The van der Waals surface area contributed by atoms with E-state index in [9.17, 15) is 22.1 Å². The van der Waals surface area contributed by atoms with Gasteiger partial charge in [-0.05, 0) is 27.2 Å². The SMILES string of the molecule is CCO[Si](OCC)(OCC)C(CC)NC(=O)OC(C)[P+](C)(C)C.F[B-](F)(F)F. The third kappa shape index (κ3) is 13.7. The van der Waals surface area contributed by atoms with E-state index >= 15 is 0 Å². The van der Waals surface area contributed by atoms with Gasteiger partial charge in [-0.2, -0.15) is 0 Å². The number of alkyl carbamates (subject to hydrolysis) is 1. The number of amides is 1. The number of halogens is 4. The third-order valence-electron chi connectivity index (χ3n) is 3.53. The Morgan fingerprint density at radius 3 is 1.57 bits per heavy atom. The molecule has 28 heavy (non-hydrogen) atoms. The molecule has 0 aliphatic carbocycles. The highest BCUT2D eigenvalue weighted by atomic mass is 31.2.